The van der Waals surface area contributed by atoms with Crippen LogP contribution in [0.1, 0.15) is 23.0 Å². The first kappa shape index (κ1) is 19.5. The zero-order chi connectivity index (χ0) is 19.9. The molecule has 2 aromatic carbocycles. The van der Waals surface area contributed by atoms with Gasteiger partial charge in [-0.05, 0) is 37.6 Å². The maximum absolute atomic E-state index is 12.7. The molecule has 6 nitrogen and oxygen atoms in total. The van der Waals surface area contributed by atoms with E-state index in [4.69, 9.17) is 4.74 Å². The lowest BCUT2D eigenvalue weighted by Gasteiger charge is -2.25. The van der Waals surface area contributed by atoms with Gasteiger partial charge in [-0.25, -0.2) is 4.68 Å². The van der Waals surface area contributed by atoms with Crippen LogP contribution in [0.4, 0.5) is 5.69 Å². The van der Waals surface area contributed by atoms with Crippen LogP contribution in [-0.2, 0) is 0 Å². The average Bonchev–Trinajstić information content (AvgIpc) is 3.17. The Morgan fingerprint density at radius 3 is 2.54 bits per heavy atom. The molecule has 1 heterocycles. The minimum absolute atomic E-state index is 0.243. The van der Waals surface area contributed by atoms with Gasteiger partial charge < -0.3 is 15.0 Å². The lowest BCUT2D eigenvalue weighted by molar-refractivity contribution is 0.0946. The molecule has 1 N–H and O–H groups in total. The molecule has 0 bridgehead atoms. The molecule has 146 valence electrons. The molecule has 0 radical (unpaired) electrons. The summed E-state index contributed by atoms with van der Waals surface area (Å²) >= 11 is 0. The van der Waals surface area contributed by atoms with Crippen LogP contribution in [0.15, 0.2) is 60.8 Å². The number of ether oxygens (including phenoxy) is 1. The molecule has 0 saturated heterocycles. The number of aryl methyl sites for hydroxylation is 1. The molecule has 0 aliphatic carbocycles. The van der Waals surface area contributed by atoms with Crippen LogP contribution in [-0.4, -0.2) is 42.4 Å². The second-order valence-corrected chi connectivity index (χ2v) is 6.45. The van der Waals surface area contributed by atoms with Gasteiger partial charge in [-0.3, -0.25) is 4.79 Å². The van der Waals surface area contributed by atoms with Gasteiger partial charge in [0.25, 0.3) is 5.91 Å². The molecule has 0 saturated carbocycles. The number of anilines is 1. The zero-order valence-electron chi connectivity index (χ0n) is 16.6. The average molecular weight is 378 g/mol. The normalized spacial score (nSPS) is 10.5. The van der Waals surface area contributed by atoms with E-state index in [0.29, 0.717) is 12.3 Å². The van der Waals surface area contributed by atoms with E-state index in [1.807, 2.05) is 42.5 Å². The molecule has 0 fully saturated rings. The lowest BCUT2D eigenvalue weighted by atomic mass is 10.2. The molecule has 0 spiro atoms. The standard InChI is InChI=1S/C22H26N4O2/c1-4-25(19-13-9-8-10-17(19)2)15-14-23-22(27)21-20(28-3)16-26(24-21)18-11-6-5-7-12-18/h5-13,16H,4,14-15H2,1-3H3,(H,23,27). The van der Waals surface area contributed by atoms with Crippen molar-refractivity contribution in [2.45, 2.75) is 13.8 Å². The first-order chi connectivity index (χ1) is 13.6. The van der Waals surface area contributed by atoms with Crippen molar-refractivity contribution in [1.82, 2.24) is 15.1 Å². The zero-order valence-corrected chi connectivity index (χ0v) is 16.6. The molecule has 3 rings (SSSR count). The highest BCUT2D eigenvalue weighted by atomic mass is 16.5. The number of hydrogen-bond donors (Lipinski definition) is 1. The quantitative estimate of drug-likeness (QED) is 0.652. The van der Waals surface area contributed by atoms with E-state index in [-0.39, 0.29) is 11.6 Å². The van der Waals surface area contributed by atoms with Crippen LogP contribution in [0.25, 0.3) is 5.69 Å². The van der Waals surface area contributed by atoms with Crippen molar-refractivity contribution < 1.29 is 9.53 Å². The molecule has 0 aliphatic heterocycles. The summed E-state index contributed by atoms with van der Waals surface area (Å²) in [6.45, 7) is 6.31. The minimum atomic E-state index is -0.243. The maximum Gasteiger partial charge on any atom is 0.275 e. The fraction of sp³-hybridized carbons (Fsp3) is 0.273. The summed E-state index contributed by atoms with van der Waals surface area (Å²) in [5.74, 6) is 0.208. The third kappa shape index (κ3) is 4.34. The van der Waals surface area contributed by atoms with E-state index in [1.165, 1.54) is 11.3 Å². The van der Waals surface area contributed by atoms with Gasteiger partial charge in [0.15, 0.2) is 11.4 Å². The highest BCUT2D eigenvalue weighted by molar-refractivity contribution is 5.95. The summed E-state index contributed by atoms with van der Waals surface area (Å²) < 4.78 is 7.00. The van der Waals surface area contributed by atoms with Crippen LogP contribution in [0.2, 0.25) is 0 Å². The first-order valence-electron chi connectivity index (χ1n) is 9.42. The van der Waals surface area contributed by atoms with Crippen molar-refractivity contribution >= 4 is 11.6 Å². The Kier molecular flexibility index (Phi) is 6.32. The number of nitrogens with one attached hydrogen (secondary N) is 1. The highest BCUT2D eigenvalue weighted by Crippen LogP contribution is 2.20. The summed E-state index contributed by atoms with van der Waals surface area (Å²) in [6.07, 6.45) is 1.72. The highest BCUT2D eigenvalue weighted by Gasteiger charge is 2.18. The van der Waals surface area contributed by atoms with Gasteiger partial charge >= 0.3 is 0 Å². The summed E-state index contributed by atoms with van der Waals surface area (Å²) in [6, 6.07) is 17.9. The van der Waals surface area contributed by atoms with Crippen molar-refractivity contribution in [3.63, 3.8) is 0 Å². The Bertz CT molecular complexity index is 921. The van der Waals surface area contributed by atoms with Crippen LogP contribution < -0.4 is 15.0 Å². The first-order valence-corrected chi connectivity index (χ1v) is 9.42. The van der Waals surface area contributed by atoms with Gasteiger partial charge in [0.05, 0.1) is 19.0 Å². The monoisotopic (exact) mass is 378 g/mol. The summed E-state index contributed by atoms with van der Waals surface area (Å²) in [4.78, 5) is 14.9. The number of carbonyl (C=O) groups excluding carboxylic acids is 1. The van der Waals surface area contributed by atoms with Gasteiger partial charge in [-0.1, -0.05) is 36.4 Å². The molecule has 0 unspecified atom stereocenters. The molecule has 0 aliphatic rings. The summed E-state index contributed by atoms with van der Waals surface area (Å²) in [5, 5.41) is 7.36. The molecular weight excluding hydrogens is 352 g/mol. The van der Waals surface area contributed by atoms with E-state index in [1.54, 1.807) is 18.0 Å². The fourth-order valence-corrected chi connectivity index (χ4v) is 3.13. The number of amides is 1. The topological polar surface area (TPSA) is 59.4 Å². The smallest absolute Gasteiger partial charge is 0.275 e. The van der Waals surface area contributed by atoms with Crippen molar-refractivity contribution in [3.05, 3.63) is 72.1 Å². The number of likely N-dealkylation sites (N-methyl/N-ethyl adjacent to an activating group) is 1. The van der Waals surface area contributed by atoms with E-state index < -0.39 is 0 Å². The molecular formula is C22H26N4O2. The van der Waals surface area contributed by atoms with Crippen molar-refractivity contribution in [2.75, 3.05) is 31.6 Å². The van der Waals surface area contributed by atoms with Gasteiger partial charge in [0, 0.05) is 25.3 Å². The van der Waals surface area contributed by atoms with Crippen molar-refractivity contribution in [3.8, 4) is 11.4 Å². The van der Waals surface area contributed by atoms with Crippen LogP contribution in [0, 0.1) is 6.92 Å². The van der Waals surface area contributed by atoms with Gasteiger partial charge in [0.2, 0.25) is 0 Å². The number of nitrogens with zero attached hydrogens (tertiary/aromatic N) is 3. The Labute approximate surface area is 165 Å². The number of rotatable bonds is 8. The van der Waals surface area contributed by atoms with Crippen LogP contribution in [0.3, 0.4) is 0 Å². The number of para-hydroxylation sites is 2. The number of aromatic nitrogens is 2. The van der Waals surface area contributed by atoms with Crippen LogP contribution >= 0.6 is 0 Å². The van der Waals surface area contributed by atoms with Crippen LogP contribution in [0.5, 0.6) is 5.75 Å². The van der Waals surface area contributed by atoms with E-state index in [0.717, 1.165) is 18.8 Å². The number of carbonyl (C=O) groups is 1. The molecule has 1 amide bonds. The van der Waals surface area contributed by atoms with Crippen molar-refractivity contribution in [2.24, 2.45) is 0 Å². The van der Waals surface area contributed by atoms with Crippen molar-refractivity contribution in [1.29, 1.82) is 0 Å². The Hall–Kier alpha value is -3.28. The van der Waals surface area contributed by atoms with Gasteiger partial charge in [-0.15, -0.1) is 0 Å². The third-order valence-corrected chi connectivity index (χ3v) is 4.64. The Morgan fingerprint density at radius 2 is 1.86 bits per heavy atom. The fourth-order valence-electron chi connectivity index (χ4n) is 3.13. The molecule has 0 atom stereocenters. The van der Waals surface area contributed by atoms with Gasteiger partial charge in [-0.2, -0.15) is 5.10 Å². The number of methoxy groups -OCH3 is 1. The number of benzene rings is 2. The molecule has 28 heavy (non-hydrogen) atoms. The molecule has 6 heteroatoms. The Balaban J connectivity index is 1.66. The van der Waals surface area contributed by atoms with E-state index in [2.05, 4.69) is 41.3 Å². The minimum Gasteiger partial charge on any atom is -0.493 e. The molecule has 1 aromatic heterocycles. The largest absolute Gasteiger partial charge is 0.493 e. The Morgan fingerprint density at radius 1 is 1.14 bits per heavy atom. The van der Waals surface area contributed by atoms with Gasteiger partial charge in [0.1, 0.15) is 0 Å². The van der Waals surface area contributed by atoms with E-state index in [9.17, 15) is 4.79 Å². The lowest BCUT2D eigenvalue weighted by Crippen LogP contribution is -2.35. The number of hydrogen-bond acceptors (Lipinski definition) is 4. The van der Waals surface area contributed by atoms with E-state index >= 15 is 0 Å². The second-order valence-electron chi connectivity index (χ2n) is 6.45. The maximum atomic E-state index is 12.7. The predicted molar refractivity (Wildman–Crippen MR) is 112 cm³/mol. The predicted octanol–water partition coefficient (Wildman–Crippen LogP) is 3.45. The second kappa shape index (κ2) is 9.08. The summed E-state index contributed by atoms with van der Waals surface area (Å²) in [7, 11) is 1.54. The summed E-state index contributed by atoms with van der Waals surface area (Å²) in [5.41, 5.74) is 3.56. The molecule has 3 aromatic rings. The third-order valence-electron chi connectivity index (χ3n) is 4.64. The SMILES string of the molecule is CCN(CCNC(=O)c1nn(-c2ccccc2)cc1OC)c1ccccc1C.